The minimum atomic E-state index is -0.427. The van der Waals surface area contributed by atoms with Gasteiger partial charge in [0.1, 0.15) is 11.5 Å². The van der Waals surface area contributed by atoms with Crippen LogP contribution in [-0.4, -0.2) is 71.6 Å². The number of ether oxygens (including phenoxy) is 1. The molecule has 0 aromatic carbocycles. The number of nitriles is 1. The number of piperazine rings is 1. The molecule has 0 N–H and O–H groups in total. The maximum absolute atomic E-state index is 13.8. The summed E-state index contributed by atoms with van der Waals surface area (Å²) in [5, 5.41) is 9.30. The van der Waals surface area contributed by atoms with Crippen LogP contribution in [0.5, 0.6) is 0 Å². The molecule has 5 rings (SSSR count). The topological polar surface area (TPSA) is 103 Å². The van der Waals surface area contributed by atoms with Crippen molar-refractivity contribution in [2.24, 2.45) is 5.92 Å². The molecule has 0 unspecified atom stereocenters. The summed E-state index contributed by atoms with van der Waals surface area (Å²) in [5.41, 5.74) is 2.85. The molecule has 2 aromatic rings. The maximum atomic E-state index is 13.8. The average molecular weight is 545 g/mol. The first-order valence-corrected chi connectivity index (χ1v) is 14.3. The Kier molecular flexibility index (Phi) is 7.47. The Morgan fingerprint density at radius 1 is 1.05 bits per heavy atom. The molecule has 9 nitrogen and oxygen atoms in total. The fraction of sp³-hybridized carbons (Fsp3) is 0.581. The van der Waals surface area contributed by atoms with Crippen molar-refractivity contribution in [1.82, 2.24) is 14.9 Å². The van der Waals surface area contributed by atoms with Crippen molar-refractivity contribution in [3.8, 4) is 6.07 Å². The number of esters is 1. The van der Waals surface area contributed by atoms with Crippen LogP contribution in [0.15, 0.2) is 30.5 Å². The smallest absolute Gasteiger partial charge is 0.310 e. The van der Waals surface area contributed by atoms with E-state index in [1.807, 2.05) is 23.1 Å². The number of carbonyl (C=O) groups excluding carboxylic acids is 2. The number of fused-ring (bicyclic) bond motifs is 1. The molecule has 1 saturated carbocycles. The zero-order chi connectivity index (χ0) is 28.7. The molecule has 2 aromatic heterocycles. The van der Waals surface area contributed by atoms with Gasteiger partial charge in [0.05, 0.1) is 36.5 Å². The van der Waals surface area contributed by atoms with E-state index in [1.165, 1.54) is 7.11 Å². The van der Waals surface area contributed by atoms with Gasteiger partial charge in [-0.25, -0.2) is 9.97 Å². The zero-order valence-electron chi connectivity index (χ0n) is 24.3. The lowest BCUT2D eigenvalue weighted by atomic mass is 9.86. The summed E-state index contributed by atoms with van der Waals surface area (Å²) >= 11 is 0. The minimum Gasteiger partial charge on any atom is -0.469 e. The number of methoxy groups -OCH3 is 1. The van der Waals surface area contributed by atoms with Gasteiger partial charge >= 0.3 is 5.97 Å². The van der Waals surface area contributed by atoms with Crippen LogP contribution in [-0.2, 0) is 21.4 Å². The highest BCUT2D eigenvalue weighted by Gasteiger charge is 2.42. The van der Waals surface area contributed by atoms with Gasteiger partial charge in [0.2, 0.25) is 0 Å². The van der Waals surface area contributed by atoms with Crippen molar-refractivity contribution >= 4 is 23.4 Å². The highest BCUT2D eigenvalue weighted by atomic mass is 16.5. The first-order chi connectivity index (χ1) is 19.0. The summed E-state index contributed by atoms with van der Waals surface area (Å²) in [7, 11) is 1.38. The van der Waals surface area contributed by atoms with E-state index in [9.17, 15) is 14.9 Å². The molecule has 0 spiro atoms. The van der Waals surface area contributed by atoms with Crippen LogP contribution in [0, 0.1) is 17.2 Å². The average Bonchev–Trinajstić information content (AvgIpc) is 3.22. The molecule has 40 heavy (non-hydrogen) atoms. The third-order valence-corrected chi connectivity index (χ3v) is 8.79. The normalized spacial score (nSPS) is 23.4. The van der Waals surface area contributed by atoms with Crippen molar-refractivity contribution in [2.75, 3.05) is 43.1 Å². The van der Waals surface area contributed by atoms with Crippen molar-refractivity contribution in [3.63, 3.8) is 0 Å². The van der Waals surface area contributed by atoms with E-state index in [4.69, 9.17) is 9.72 Å². The lowest BCUT2D eigenvalue weighted by Gasteiger charge is -2.47. The lowest BCUT2D eigenvalue weighted by molar-refractivity contribution is -0.139. The van der Waals surface area contributed by atoms with Crippen molar-refractivity contribution in [3.05, 3.63) is 47.4 Å². The number of hydrogen-bond acceptors (Lipinski definition) is 8. The summed E-state index contributed by atoms with van der Waals surface area (Å²) in [5.74, 6) is 0.671. The molecule has 1 amide bonds. The molecule has 1 aliphatic carbocycles. The molecule has 0 atom stereocenters. The third-order valence-electron chi connectivity index (χ3n) is 8.79. The summed E-state index contributed by atoms with van der Waals surface area (Å²) in [6.07, 6.45) is 5.86. The van der Waals surface area contributed by atoms with Crippen LogP contribution in [0.2, 0.25) is 0 Å². The summed E-state index contributed by atoms with van der Waals surface area (Å²) in [6, 6.07) is 10.7. The van der Waals surface area contributed by atoms with E-state index in [0.717, 1.165) is 55.0 Å². The summed E-state index contributed by atoms with van der Waals surface area (Å²) in [6.45, 7) is 11.3. The molecule has 4 heterocycles. The van der Waals surface area contributed by atoms with E-state index >= 15 is 0 Å². The van der Waals surface area contributed by atoms with Gasteiger partial charge in [-0.3, -0.25) is 9.59 Å². The molecule has 1 saturated heterocycles. The number of anilines is 2. The Labute approximate surface area is 237 Å². The Morgan fingerprint density at radius 2 is 1.80 bits per heavy atom. The number of pyridine rings is 2. The molecule has 212 valence electrons. The van der Waals surface area contributed by atoms with Crippen molar-refractivity contribution < 1.29 is 14.3 Å². The van der Waals surface area contributed by atoms with Crippen LogP contribution < -0.4 is 9.80 Å². The Morgan fingerprint density at radius 3 is 2.42 bits per heavy atom. The number of aromatic nitrogens is 2. The minimum absolute atomic E-state index is 0.0439. The second-order valence-corrected chi connectivity index (χ2v) is 12.7. The van der Waals surface area contributed by atoms with Crippen LogP contribution >= 0.6 is 0 Å². The quantitative estimate of drug-likeness (QED) is 0.518. The van der Waals surface area contributed by atoms with Gasteiger partial charge in [-0.05, 0) is 63.3 Å². The van der Waals surface area contributed by atoms with Gasteiger partial charge in [-0.2, -0.15) is 5.26 Å². The van der Waals surface area contributed by atoms with Crippen LogP contribution in [0.4, 0.5) is 11.5 Å². The number of hydrogen-bond donors (Lipinski definition) is 0. The Hall–Kier alpha value is -3.67. The van der Waals surface area contributed by atoms with Gasteiger partial charge in [0.25, 0.3) is 5.91 Å². The number of rotatable bonds is 5. The van der Waals surface area contributed by atoms with Crippen LogP contribution in [0.3, 0.4) is 0 Å². The highest BCUT2D eigenvalue weighted by molar-refractivity contribution is 5.93. The molecule has 2 fully saturated rings. The first kappa shape index (κ1) is 27.9. The van der Waals surface area contributed by atoms with Crippen molar-refractivity contribution in [1.29, 1.82) is 5.26 Å². The zero-order valence-corrected chi connectivity index (χ0v) is 24.3. The number of amides is 1. The lowest BCUT2D eigenvalue weighted by Crippen LogP contribution is -2.61. The van der Waals surface area contributed by atoms with Gasteiger partial charge in [-0.1, -0.05) is 19.9 Å². The fourth-order valence-electron chi connectivity index (χ4n) is 6.54. The van der Waals surface area contributed by atoms with Gasteiger partial charge < -0.3 is 19.4 Å². The van der Waals surface area contributed by atoms with E-state index < -0.39 is 5.54 Å². The third kappa shape index (κ3) is 5.36. The molecule has 2 aliphatic heterocycles. The SMILES string of the molecule is COC(=O)Cc1ccc(N2CCN(C(=O)c3ccc4c(n3)C(C)(C)CN4C3CCC(C#N)CC3)C(C)(C)C2)nc1. The van der Waals surface area contributed by atoms with Gasteiger partial charge in [-0.15, -0.1) is 0 Å². The van der Waals surface area contributed by atoms with Crippen LogP contribution in [0.25, 0.3) is 0 Å². The van der Waals surface area contributed by atoms with Crippen LogP contribution in [0.1, 0.15) is 75.1 Å². The number of nitrogens with zero attached hydrogens (tertiary/aromatic N) is 6. The predicted octanol–water partition coefficient (Wildman–Crippen LogP) is 4.11. The molecular formula is C31H40N6O3. The second-order valence-electron chi connectivity index (χ2n) is 12.7. The molecular weight excluding hydrogens is 504 g/mol. The first-order valence-electron chi connectivity index (χ1n) is 14.3. The summed E-state index contributed by atoms with van der Waals surface area (Å²) in [4.78, 5) is 41.6. The fourth-order valence-corrected chi connectivity index (χ4v) is 6.54. The van der Waals surface area contributed by atoms with Gasteiger partial charge in [0, 0.05) is 49.8 Å². The standard InChI is InChI=1S/C31H40N6O3/c1-30(2)19-36(23-9-6-21(17-32)7-10-23)25-12-11-24(34-28(25)30)29(39)37-15-14-35(20-31(37,3)4)26-13-8-22(18-33-26)16-27(38)40-5/h8,11-13,18,21,23H,6-7,9-10,14-16,19-20H2,1-5H3. The Bertz CT molecular complexity index is 1310. The highest BCUT2D eigenvalue weighted by Crippen LogP contribution is 2.43. The largest absolute Gasteiger partial charge is 0.469 e. The monoisotopic (exact) mass is 544 g/mol. The van der Waals surface area contributed by atoms with E-state index in [-0.39, 0.29) is 29.6 Å². The van der Waals surface area contributed by atoms with E-state index in [2.05, 4.69) is 54.6 Å². The predicted molar refractivity (Wildman–Crippen MR) is 153 cm³/mol. The van der Waals surface area contributed by atoms with E-state index in [1.54, 1.807) is 6.20 Å². The molecule has 0 bridgehead atoms. The maximum Gasteiger partial charge on any atom is 0.310 e. The molecule has 9 heteroatoms. The molecule has 3 aliphatic rings. The van der Waals surface area contributed by atoms with Crippen molar-refractivity contribution in [2.45, 2.75) is 76.8 Å². The Balaban J connectivity index is 1.29. The summed E-state index contributed by atoms with van der Waals surface area (Å²) < 4.78 is 4.74. The number of carbonyl (C=O) groups is 2. The van der Waals surface area contributed by atoms with E-state index in [0.29, 0.717) is 31.4 Å². The molecule has 0 radical (unpaired) electrons. The van der Waals surface area contributed by atoms with Gasteiger partial charge in [0.15, 0.2) is 0 Å². The second kappa shape index (κ2) is 10.7.